The van der Waals surface area contributed by atoms with Gasteiger partial charge in [0.2, 0.25) is 0 Å². The smallest absolute Gasteiger partial charge is 0 e. The summed E-state index contributed by atoms with van der Waals surface area (Å²) in [6, 6.07) is 0. The van der Waals surface area contributed by atoms with Crippen LogP contribution in [0, 0.1) is 156 Å². The van der Waals surface area contributed by atoms with Crippen molar-refractivity contribution in [3.63, 3.8) is 0 Å². The Morgan fingerprint density at radius 2 is 0.200 bits per heavy atom. The van der Waals surface area contributed by atoms with E-state index in [0.29, 0.717) is 0 Å². The van der Waals surface area contributed by atoms with Crippen LogP contribution >= 0.6 is 0 Å². The molecule has 0 atom stereocenters. The van der Waals surface area contributed by atoms with Crippen LogP contribution in [0.4, 0.5) is 0 Å². The third-order valence-electron chi connectivity index (χ3n) is 0. The summed E-state index contributed by atoms with van der Waals surface area (Å²) < 4.78 is 0. The van der Waals surface area contributed by atoms with E-state index >= 15 is 0 Å². The van der Waals surface area contributed by atoms with Gasteiger partial charge in [0.25, 0.3) is 0 Å². The molecule has 0 fully saturated rings. The fourth-order valence-electron chi connectivity index (χ4n) is 0. The minimum absolute atomic E-state index is 0. The van der Waals surface area contributed by atoms with Gasteiger partial charge >= 0.3 is 0 Å². The second-order valence-electron chi connectivity index (χ2n) is 0. The van der Waals surface area contributed by atoms with Crippen molar-refractivity contribution < 1.29 is 156 Å². The van der Waals surface area contributed by atoms with Gasteiger partial charge in [-0.05, 0) is 0 Å². The van der Waals surface area contributed by atoms with E-state index in [2.05, 4.69) is 0 Å². The molecule has 0 heterocycles. The van der Waals surface area contributed by atoms with Crippen molar-refractivity contribution in [3.8, 4) is 0 Å². The first kappa shape index (κ1) is 31.8. The molecule has 0 saturated carbocycles. The topological polar surface area (TPSA) is 0 Å². The molecule has 0 N–H and O–H groups in total. The van der Waals surface area contributed by atoms with E-state index < -0.39 is 0 Å². The van der Waals surface area contributed by atoms with Crippen LogP contribution in [0.3, 0.4) is 0 Å². The summed E-state index contributed by atoms with van der Waals surface area (Å²) >= 11 is 0. The van der Waals surface area contributed by atoms with Gasteiger partial charge in [-0.1, -0.05) is 0 Å². The first-order chi connectivity index (χ1) is 0. The molecule has 0 aliphatic heterocycles. The molecule has 0 aliphatic carbocycles. The number of rotatable bonds is 0. The quantitative estimate of drug-likeness (QED) is 0.321. The third kappa shape index (κ3) is 17.6. The summed E-state index contributed by atoms with van der Waals surface area (Å²) in [5, 5.41) is 0. The van der Waals surface area contributed by atoms with Crippen molar-refractivity contribution in [2.45, 2.75) is 0 Å². The van der Waals surface area contributed by atoms with Crippen molar-refractivity contribution >= 4 is 0 Å². The van der Waals surface area contributed by atoms with Crippen LogP contribution < -0.4 is 0 Å². The molecule has 0 aromatic carbocycles. The normalized spacial score (nSPS) is 0. The van der Waals surface area contributed by atoms with Gasteiger partial charge in [0.05, 0.1) is 0 Å². The second-order valence-corrected chi connectivity index (χ2v) is 0. The molecule has 0 spiro atoms. The standard InChI is InChI=1S/5U. The van der Waals surface area contributed by atoms with Gasteiger partial charge in [-0.3, -0.25) is 0 Å². The average Bonchev–Trinajstić information content (AvgIpc) is 0. The van der Waals surface area contributed by atoms with Gasteiger partial charge in [-0.2, -0.15) is 0 Å². The molecule has 0 bridgehead atoms. The molecule has 0 saturated heterocycles. The second kappa shape index (κ2) is 22.8. The van der Waals surface area contributed by atoms with E-state index in [-0.39, 0.29) is 156 Å². The summed E-state index contributed by atoms with van der Waals surface area (Å²) in [5.41, 5.74) is 0. The fraction of sp³-hybridized carbons (Fsp3) is 0. The Kier molecular flexibility index (Phi) is 145. The SMILES string of the molecule is [U].[U].[U].[U].[U]. The Hall–Kier alpha value is 5.26. The maximum atomic E-state index is 0. The Balaban J connectivity index is 0. The van der Waals surface area contributed by atoms with E-state index in [1.165, 1.54) is 0 Å². The minimum atomic E-state index is 0. The predicted octanol–water partition coefficient (Wildman–Crippen LogP) is 0. The Labute approximate surface area is 151 Å². The van der Waals surface area contributed by atoms with Gasteiger partial charge in [-0.15, -0.1) is 0 Å². The monoisotopic (exact) mass is 1190 g/mol. The maximum Gasteiger partial charge on any atom is 0 e. The molecule has 0 aromatic rings. The maximum absolute atomic E-state index is 0. The minimum Gasteiger partial charge on any atom is 0 e. The summed E-state index contributed by atoms with van der Waals surface area (Å²) in [6.45, 7) is 0. The van der Waals surface area contributed by atoms with Crippen molar-refractivity contribution in [3.05, 3.63) is 0 Å². The van der Waals surface area contributed by atoms with E-state index in [9.17, 15) is 0 Å². The van der Waals surface area contributed by atoms with Crippen LogP contribution in [0.15, 0.2) is 0 Å². The van der Waals surface area contributed by atoms with Crippen LogP contribution in [0.2, 0.25) is 0 Å². The largest absolute Gasteiger partial charge is 0 e. The van der Waals surface area contributed by atoms with Crippen molar-refractivity contribution in [2.24, 2.45) is 0 Å². The molecule has 5 heavy (non-hydrogen) atoms. The van der Waals surface area contributed by atoms with Gasteiger partial charge in [0.1, 0.15) is 0 Å². The molecule has 0 aromatic heterocycles. The molecule has 20 valence electrons. The summed E-state index contributed by atoms with van der Waals surface area (Å²) in [5.74, 6) is 0. The predicted molar refractivity (Wildman–Crippen MR) is 0 cm³/mol. The van der Waals surface area contributed by atoms with Gasteiger partial charge in [-0.25, -0.2) is 0 Å². The fourth-order valence-corrected chi connectivity index (χ4v) is 0. The van der Waals surface area contributed by atoms with Crippen molar-refractivity contribution in [2.75, 3.05) is 0 Å². The van der Waals surface area contributed by atoms with Gasteiger partial charge in [0.15, 0.2) is 0 Å². The zero-order valence-electron chi connectivity index (χ0n) is 2.50. The first-order valence-corrected chi connectivity index (χ1v) is 0. The van der Waals surface area contributed by atoms with Crippen LogP contribution in [0.5, 0.6) is 0 Å². The van der Waals surface area contributed by atoms with E-state index in [4.69, 9.17) is 0 Å². The molecular formula is U5. The molecule has 0 unspecified atom stereocenters. The summed E-state index contributed by atoms with van der Waals surface area (Å²) in [7, 11) is 0. The van der Waals surface area contributed by atoms with Crippen molar-refractivity contribution in [1.29, 1.82) is 0 Å². The molecular weight excluding hydrogens is 1190 g/mol. The van der Waals surface area contributed by atoms with Crippen LogP contribution in [0.25, 0.3) is 0 Å². The van der Waals surface area contributed by atoms with E-state index in [1.807, 2.05) is 0 Å². The molecule has 0 rings (SSSR count). The Bertz CT molecular complexity index is 0. The van der Waals surface area contributed by atoms with Crippen molar-refractivity contribution in [1.82, 2.24) is 0 Å². The molecule has 0 radical (unpaired) electrons. The van der Waals surface area contributed by atoms with E-state index in [1.54, 1.807) is 0 Å². The zero-order valence-corrected chi connectivity index (χ0v) is 23.3. The van der Waals surface area contributed by atoms with E-state index in [0.717, 1.165) is 0 Å². The van der Waals surface area contributed by atoms with Gasteiger partial charge in [0, 0.05) is 156 Å². The average molecular weight is 1190 g/mol. The summed E-state index contributed by atoms with van der Waals surface area (Å²) in [6.07, 6.45) is 0. The summed E-state index contributed by atoms with van der Waals surface area (Å²) in [4.78, 5) is 0. The van der Waals surface area contributed by atoms with Crippen LogP contribution in [-0.4, -0.2) is 0 Å². The Morgan fingerprint density at radius 1 is 0.200 bits per heavy atom. The van der Waals surface area contributed by atoms with Gasteiger partial charge < -0.3 is 0 Å². The van der Waals surface area contributed by atoms with Crippen LogP contribution in [0.1, 0.15) is 0 Å². The zero-order chi connectivity index (χ0) is 0. The molecule has 0 aliphatic rings. The third-order valence-corrected chi connectivity index (χ3v) is 0. The van der Waals surface area contributed by atoms with Crippen LogP contribution in [-0.2, 0) is 0 Å². The molecule has 0 amide bonds. The molecule has 5 heteroatoms. The number of hydrogen-bond acceptors (Lipinski definition) is 0. The first-order valence-electron chi connectivity index (χ1n) is 0. The Morgan fingerprint density at radius 3 is 0.200 bits per heavy atom. The molecule has 0 nitrogen and oxygen atoms in total. The number of hydrogen-bond donors (Lipinski definition) is 0.